The average molecular weight is 498 g/mol. The lowest BCUT2D eigenvalue weighted by Crippen LogP contribution is -2.26. The van der Waals surface area contributed by atoms with E-state index in [2.05, 4.69) is 17.2 Å². The largest absolute Gasteiger partial charge is 0.351 e. The molecule has 0 aliphatic heterocycles. The quantitative estimate of drug-likeness (QED) is 0.264. The van der Waals surface area contributed by atoms with Gasteiger partial charge in [0.2, 0.25) is 5.91 Å². The number of carbonyl (C=O) groups is 1. The summed E-state index contributed by atoms with van der Waals surface area (Å²) in [4.78, 5) is 30.5. The molecule has 0 saturated heterocycles. The zero-order valence-corrected chi connectivity index (χ0v) is 20.2. The first-order chi connectivity index (χ1) is 16.0. The first kappa shape index (κ1) is 23.4. The summed E-state index contributed by atoms with van der Waals surface area (Å²) in [7, 11) is 0. The number of thioether (sulfide) groups is 1. The Labute approximate surface area is 205 Å². The molecule has 0 fully saturated rings. The SMILES string of the molecule is CCc1ccc(-n2c(SCC(=O)NCc3ccc(Cl)cc3Cl)nc3ccccc3c2=O)cc1. The van der Waals surface area contributed by atoms with Gasteiger partial charge in [0.25, 0.3) is 5.56 Å². The predicted molar refractivity (Wildman–Crippen MR) is 136 cm³/mol. The second-order valence-electron chi connectivity index (χ2n) is 7.37. The van der Waals surface area contributed by atoms with Gasteiger partial charge in [-0.1, -0.05) is 72.2 Å². The van der Waals surface area contributed by atoms with Gasteiger partial charge in [-0.3, -0.25) is 14.2 Å². The molecule has 33 heavy (non-hydrogen) atoms. The van der Waals surface area contributed by atoms with Crippen LogP contribution in [0.25, 0.3) is 16.6 Å². The van der Waals surface area contributed by atoms with E-state index in [0.29, 0.717) is 31.8 Å². The highest BCUT2D eigenvalue weighted by atomic mass is 35.5. The minimum atomic E-state index is -0.193. The van der Waals surface area contributed by atoms with E-state index in [1.54, 1.807) is 34.9 Å². The number of aryl methyl sites for hydroxylation is 1. The highest BCUT2D eigenvalue weighted by Gasteiger charge is 2.15. The van der Waals surface area contributed by atoms with Crippen LogP contribution in [0.4, 0.5) is 0 Å². The van der Waals surface area contributed by atoms with Crippen molar-refractivity contribution in [3.63, 3.8) is 0 Å². The first-order valence-electron chi connectivity index (χ1n) is 10.4. The number of nitrogens with one attached hydrogen (secondary N) is 1. The molecule has 0 spiro atoms. The Bertz CT molecular complexity index is 1370. The molecule has 1 N–H and O–H groups in total. The highest BCUT2D eigenvalue weighted by molar-refractivity contribution is 7.99. The molecule has 5 nitrogen and oxygen atoms in total. The van der Waals surface area contributed by atoms with Crippen LogP contribution >= 0.6 is 35.0 Å². The summed E-state index contributed by atoms with van der Waals surface area (Å²) in [5.74, 6) is -0.0930. The molecule has 4 aromatic rings. The third-order valence-electron chi connectivity index (χ3n) is 5.17. The molecule has 0 unspecified atom stereocenters. The molecular formula is C25H21Cl2N3O2S. The van der Waals surface area contributed by atoms with Gasteiger partial charge in [0.1, 0.15) is 0 Å². The van der Waals surface area contributed by atoms with Crippen LogP contribution in [0.5, 0.6) is 0 Å². The van der Waals surface area contributed by atoms with Crippen molar-refractivity contribution < 1.29 is 4.79 Å². The lowest BCUT2D eigenvalue weighted by atomic mass is 10.1. The monoisotopic (exact) mass is 497 g/mol. The number of rotatable bonds is 7. The Morgan fingerprint density at radius 3 is 2.55 bits per heavy atom. The zero-order valence-electron chi connectivity index (χ0n) is 17.8. The van der Waals surface area contributed by atoms with Crippen LogP contribution in [0.3, 0.4) is 0 Å². The normalized spacial score (nSPS) is 11.0. The molecule has 4 rings (SSSR count). The van der Waals surface area contributed by atoms with Crippen molar-refractivity contribution in [1.29, 1.82) is 0 Å². The van der Waals surface area contributed by atoms with Gasteiger partial charge < -0.3 is 5.32 Å². The number of aromatic nitrogens is 2. The fraction of sp³-hybridized carbons (Fsp3) is 0.160. The summed E-state index contributed by atoms with van der Waals surface area (Å²) in [6, 6.07) is 20.2. The second-order valence-corrected chi connectivity index (χ2v) is 9.16. The fourth-order valence-corrected chi connectivity index (χ4v) is 4.68. The second kappa shape index (κ2) is 10.4. The first-order valence-corrected chi connectivity index (χ1v) is 12.1. The molecular weight excluding hydrogens is 477 g/mol. The number of amides is 1. The van der Waals surface area contributed by atoms with Crippen LogP contribution < -0.4 is 10.9 Å². The van der Waals surface area contributed by atoms with E-state index in [9.17, 15) is 9.59 Å². The average Bonchev–Trinajstić information content (AvgIpc) is 2.82. The topological polar surface area (TPSA) is 64.0 Å². The van der Waals surface area contributed by atoms with Gasteiger partial charge in [-0.05, 0) is 53.9 Å². The van der Waals surface area contributed by atoms with Crippen LogP contribution in [0.1, 0.15) is 18.1 Å². The van der Waals surface area contributed by atoms with Crippen LogP contribution in [-0.4, -0.2) is 21.2 Å². The molecule has 8 heteroatoms. The Balaban J connectivity index is 1.58. The molecule has 1 heterocycles. The van der Waals surface area contributed by atoms with Crippen molar-refractivity contribution in [3.05, 3.63) is 98.3 Å². The third kappa shape index (κ3) is 5.41. The summed E-state index contributed by atoms with van der Waals surface area (Å²) in [6.45, 7) is 2.36. The van der Waals surface area contributed by atoms with E-state index in [1.165, 1.54) is 17.3 Å². The summed E-state index contributed by atoms with van der Waals surface area (Å²) in [5, 5.41) is 4.88. The highest BCUT2D eigenvalue weighted by Crippen LogP contribution is 2.23. The number of nitrogens with zero attached hydrogens (tertiary/aromatic N) is 2. The molecule has 0 saturated carbocycles. The summed E-state index contributed by atoms with van der Waals surface area (Å²) >= 11 is 13.3. The number of hydrogen-bond acceptors (Lipinski definition) is 4. The number of carbonyl (C=O) groups excluding carboxylic acids is 1. The summed E-state index contributed by atoms with van der Waals surface area (Å²) in [6.07, 6.45) is 0.907. The molecule has 168 valence electrons. The number of halogens is 2. The van der Waals surface area contributed by atoms with Crippen molar-refractivity contribution in [2.45, 2.75) is 25.0 Å². The van der Waals surface area contributed by atoms with E-state index < -0.39 is 0 Å². The summed E-state index contributed by atoms with van der Waals surface area (Å²) in [5.41, 5.74) is 3.10. The Morgan fingerprint density at radius 2 is 1.82 bits per heavy atom. The van der Waals surface area contributed by atoms with Crippen LogP contribution in [-0.2, 0) is 17.8 Å². The van der Waals surface area contributed by atoms with Gasteiger partial charge in [-0.2, -0.15) is 0 Å². The standard InChI is InChI=1S/C25H21Cl2N3O2S/c1-2-16-7-11-19(12-8-16)30-24(32)20-5-3-4-6-22(20)29-25(30)33-15-23(31)28-14-17-9-10-18(26)13-21(17)27/h3-13H,2,14-15H2,1H3,(H,28,31). The van der Waals surface area contributed by atoms with Crippen LogP contribution in [0.15, 0.2) is 76.7 Å². The van der Waals surface area contributed by atoms with Crippen LogP contribution in [0, 0.1) is 0 Å². The van der Waals surface area contributed by atoms with E-state index >= 15 is 0 Å². The van der Waals surface area contributed by atoms with Gasteiger partial charge in [0.05, 0.1) is 22.3 Å². The lowest BCUT2D eigenvalue weighted by molar-refractivity contribution is -0.118. The number of fused-ring (bicyclic) bond motifs is 1. The molecule has 3 aromatic carbocycles. The van der Waals surface area contributed by atoms with Crippen molar-refractivity contribution in [3.8, 4) is 5.69 Å². The molecule has 0 aliphatic rings. The minimum Gasteiger partial charge on any atom is -0.351 e. The van der Waals surface area contributed by atoms with Gasteiger partial charge in [0, 0.05) is 16.6 Å². The molecule has 0 radical (unpaired) electrons. The van der Waals surface area contributed by atoms with Gasteiger partial charge in [0.15, 0.2) is 5.16 Å². The molecule has 0 aliphatic carbocycles. The fourth-order valence-electron chi connectivity index (χ4n) is 3.36. The van der Waals surface area contributed by atoms with E-state index in [0.717, 1.165) is 12.0 Å². The van der Waals surface area contributed by atoms with E-state index in [1.807, 2.05) is 36.4 Å². The lowest BCUT2D eigenvalue weighted by Gasteiger charge is -2.14. The van der Waals surface area contributed by atoms with Crippen molar-refractivity contribution >= 4 is 51.8 Å². The van der Waals surface area contributed by atoms with Gasteiger partial charge >= 0.3 is 0 Å². The summed E-state index contributed by atoms with van der Waals surface area (Å²) < 4.78 is 1.57. The Morgan fingerprint density at radius 1 is 1.06 bits per heavy atom. The maximum Gasteiger partial charge on any atom is 0.266 e. The number of para-hydroxylation sites is 1. The number of hydrogen-bond donors (Lipinski definition) is 1. The molecule has 1 aromatic heterocycles. The maximum absolute atomic E-state index is 13.3. The zero-order chi connectivity index (χ0) is 23.4. The molecule has 1 amide bonds. The van der Waals surface area contributed by atoms with Crippen molar-refractivity contribution in [2.24, 2.45) is 0 Å². The Kier molecular flexibility index (Phi) is 7.38. The van der Waals surface area contributed by atoms with Crippen molar-refractivity contribution in [2.75, 3.05) is 5.75 Å². The smallest absolute Gasteiger partial charge is 0.266 e. The van der Waals surface area contributed by atoms with E-state index in [-0.39, 0.29) is 23.8 Å². The van der Waals surface area contributed by atoms with E-state index in [4.69, 9.17) is 23.2 Å². The predicted octanol–water partition coefficient (Wildman–Crippen LogP) is 5.66. The van der Waals surface area contributed by atoms with Crippen LogP contribution in [0.2, 0.25) is 10.0 Å². The molecule has 0 bridgehead atoms. The maximum atomic E-state index is 13.3. The van der Waals surface area contributed by atoms with Gasteiger partial charge in [-0.25, -0.2) is 4.98 Å². The van der Waals surface area contributed by atoms with Crippen molar-refractivity contribution in [1.82, 2.24) is 14.9 Å². The minimum absolute atomic E-state index is 0.100. The number of benzene rings is 3. The third-order valence-corrected chi connectivity index (χ3v) is 6.70. The molecule has 0 atom stereocenters. The van der Waals surface area contributed by atoms with Gasteiger partial charge in [-0.15, -0.1) is 0 Å². The Hall–Kier alpha value is -2.80.